The Kier molecular flexibility index (Phi) is 5.40. The molecule has 2 unspecified atom stereocenters. The van der Waals surface area contributed by atoms with E-state index in [0.29, 0.717) is 17.9 Å². The zero-order chi connectivity index (χ0) is 23.4. The van der Waals surface area contributed by atoms with Gasteiger partial charge in [0.2, 0.25) is 5.91 Å². The van der Waals surface area contributed by atoms with E-state index >= 15 is 0 Å². The second-order valence-corrected chi connectivity index (χ2v) is 8.88. The maximum absolute atomic E-state index is 13.4. The van der Waals surface area contributed by atoms with E-state index in [2.05, 4.69) is 0 Å². The van der Waals surface area contributed by atoms with Crippen LogP contribution >= 0.6 is 0 Å². The Balaban J connectivity index is 1.75. The monoisotopic (exact) mass is 443 g/mol. The molecule has 0 bridgehead atoms. The lowest BCUT2D eigenvalue weighted by Gasteiger charge is -2.48. The van der Waals surface area contributed by atoms with E-state index in [0.717, 1.165) is 12.8 Å². The Hall–Kier alpha value is -3.07. The minimum atomic E-state index is -2.63. The lowest BCUT2D eigenvalue weighted by Crippen LogP contribution is -2.68. The first-order valence-corrected chi connectivity index (χ1v) is 10.8. The quantitative estimate of drug-likeness (QED) is 0.438. The van der Waals surface area contributed by atoms with Crippen molar-refractivity contribution in [3.63, 3.8) is 0 Å². The fraction of sp³-hybridized carbons (Fsp3) is 0.522. The Morgan fingerprint density at radius 2 is 1.91 bits per heavy atom. The van der Waals surface area contributed by atoms with Crippen LogP contribution in [-0.2, 0) is 25.6 Å². The van der Waals surface area contributed by atoms with Gasteiger partial charge in [0.25, 0.3) is 0 Å². The predicted molar refractivity (Wildman–Crippen MR) is 109 cm³/mol. The number of unbranched alkanes of at least 4 members (excludes halogenated alkanes) is 1. The largest absolute Gasteiger partial charge is 0.507 e. The van der Waals surface area contributed by atoms with Gasteiger partial charge in [0.15, 0.2) is 34.7 Å². The zero-order valence-corrected chi connectivity index (χ0v) is 17.6. The molecule has 170 valence electrons. The van der Waals surface area contributed by atoms with Crippen molar-refractivity contribution in [3.8, 4) is 11.5 Å². The molecular formula is C23H25NO8. The Labute approximate surface area is 183 Å². The van der Waals surface area contributed by atoms with Crippen molar-refractivity contribution in [3.05, 3.63) is 23.3 Å². The third-order valence-electron chi connectivity index (χ3n) is 7.00. The number of aliphatic hydroxyl groups is 1. The molecule has 0 aromatic heterocycles. The number of fused-ring (bicyclic) bond motifs is 3. The highest BCUT2D eigenvalue weighted by Crippen LogP contribution is 2.51. The molecule has 3 aliphatic carbocycles. The van der Waals surface area contributed by atoms with E-state index in [9.17, 15) is 34.2 Å². The van der Waals surface area contributed by atoms with E-state index in [4.69, 9.17) is 10.5 Å². The lowest BCUT2D eigenvalue weighted by atomic mass is 9.54. The average Bonchev–Trinajstić information content (AvgIpc) is 2.72. The van der Waals surface area contributed by atoms with E-state index < -0.39 is 58.3 Å². The van der Waals surface area contributed by atoms with Crippen molar-refractivity contribution < 1.29 is 38.9 Å². The summed E-state index contributed by atoms with van der Waals surface area (Å²) in [5, 5.41) is 21.5. The molecule has 1 amide bonds. The average molecular weight is 443 g/mol. The molecule has 5 atom stereocenters. The number of phenols is 1. The number of nitrogens with two attached hydrogens (primary N) is 1. The molecule has 4 N–H and O–H groups in total. The first-order valence-electron chi connectivity index (χ1n) is 10.8. The number of carbonyl (C=O) groups is 5. The molecule has 9 heteroatoms. The third kappa shape index (κ3) is 3.06. The number of amides is 1. The molecule has 1 aromatic rings. The van der Waals surface area contributed by atoms with Crippen molar-refractivity contribution in [1.82, 2.24) is 0 Å². The molecule has 9 nitrogen and oxygen atoms in total. The summed E-state index contributed by atoms with van der Waals surface area (Å²) in [6, 6.07) is 2.89. The molecular weight excluding hydrogens is 418 g/mol. The molecule has 0 aliphatic heterocycles. The molecule has 2 fully saturated rings. The van der Waals surface area contributed by atoms with Crippen molar-refractivity contribution in [2.24, 2.45) is 29.4 Å². The highest BCUT2D eigenvalue weighted by Gasteiger charge is 2.66. The van der Waals surface area contributed by atoms with Gasteiger partial charge in [0, 0.05) is 17.9 Å². The summed E-state index contributed by atoms with van der Waals surface area (Å²) in [5.41, 5.74) is 2.96. The molecule has 4 rings (SSSR count). The van der Waals surface area contributed by atoms with E-state index in [1.54, 1.807) is 6.07 Å². The molecule has 2 saturated carbocycles. The molecule has 0 heterocycles. The van der Waals surface area contributed by atoms with Crippen LogP contribution < -0.4 is 10.5 Å². The van der Waals surface area contributed by atoms with Gasteiger partial charge in [-0.3, -0.25) is 24.0 Å². The molecule has 1 aromatic carbocycles. The van der Waals surface area contributed by atoms with Gasteiger partial charge in [0.1, 0.15) is 11.5 Å². The van der Waals surface area contributed by atoms with Gasteiger partial charge in [-0.25, -0.2) is 0 Å². The van der Waals surface area contributed by atoms with E-state index in [-0.39, 0.29) is 30.6 Å². The van der Waals surface area contributed by atoms with Crippen LogP contribution in [0.1, 0.15) is 48.5 Å². The summed E-state index contributed by atoms with van der Waals surface area (Å²) in [5.74, 6) is -9.71. The van der Waals surface area contributed by atoms with Crippen LogP contribution in [0.25, 0.3) is 0 Å². The lowest BCUT2D eigenvalue weighted by molar-refractivity contribution is -0.175. The van der Waals surface area contributed by atoms with Crippen LogP contribution in [-0.4, -0.2) is 51.5 Å². The number of Topliss-reactive ketones (excluding diaryl/α,β-unsaturated/α-hetero) is 4. The van der Waals surface area contributed by atoms with Gasteiger partial charge in [-0.1, -0.05) is 13.3 Å². The van der Waals surface area contributed by atoms with Crippen LogP contribution in [0.3, 0.4) is 0 Å². The number of primary amides is 1. The number of rotatable bonds is 5. The predicted octanol–water partition coefficient (Wildman–Crippen LogP) is 0.506. The Morgan fingerprint density at radius 1 is 1.19 bits per heavy atom. The molecule has 0 saturated heterocycles. The third-order valence-corrected chi connectivity index (χ3v) is 7.00. The summed E-state index contributed by atoms with van der Waals surface area (Å²) in [7, 11) is 0. The standard InChI is InChI=1S/C23H25NO8/c1-2-3-6-32-15-5-4-13(25)17-12(15)8-10-7-11-9-14(26)18(22(24)30)21(29)23(11,31)20(28)16(10)19(17)27/h4-5,10-11,16,18,25,31H,2-3,6-9H2,1H3,(H2,24,30)/t10-,11+,16?,18?,23+/m1/s1. The van der Waals surface area contributed by atoms with Crippen LogP contribution in [0.15, 0.2) is 12.1 Å². The second-order valence-electron chi connectivity index (χ2n) is 8.88. The number of ether oxygens (including phenoxy) is 1. The second kappa shape index (κ2) is 7.81. The molecule has 3 aliphatic rings. The zero-order valence-electron chi connectivity index (χ0n) is 17.6. The minimum absolute atomic E-state index is 0.0542. The molecule has 0 spiro atoms. The number of benzene rings is 1. The van der Waals surface area contributed by atoms with Gasteiger partial charge >= 0.3 is 0 Å². The summed E-state index contributed by atoms with van der Waals surface area (Å²) in [4.78, 5) is 63.6. The Bertz CT molecular complexity index is 1050. The fourth-order valence-corrected chi connectivity index (χ4v) is 5.40. The van der Waals surface area contributed by atoms with Crippen LogP contribution in [0.4, 0.5) is 0 Å². The maximum Gasteiger partial charge on any atom is 0.235 e. The highest BCUT2D eigenvalue weighted by molar-refractivity contribution is 6.31. The highest BCUT2D eigenvalue weighted by atomic mass is 16.5. The number of aromatic hydroxyl groups is 1. The minimum Gasteiger partial charge on any atom is -0.507 e. The number of carbonyl (C=O) groups excluding carboxylic acids is 5. The number of hydrogen-bond acceptors (Lipinski definition) is 8. The van der Waals surface area contributed by atoms with E-state index in [1.807, 2.05) is 6.92 Å². The van der Waals surface area contributed by atoms with E-state index in [1.165, 1.54) is 6.07 Å². The summed E-state index contributed by atoms with van der Waals surface area (Å²) >= 11 is 0. The van der Waals surface area contributed by atoms with Gasteiger partial charge in [0.05, 0.1) is 18.1 Å². The summed E-state index contributed by atoms with van der Waals surface area (Å²) in [6.07, 6.45) is 1.62. The van der Waals surface area contributed by atoms with Gasteiger partial charge < -0.3 is 20.7 Å². The van der Waals surface area contributed by atoms with Gasteiger partial charge in [-0.15, -0.1) is 0 Å². The fourth-order valence-electron chi connectivity index (χ4n) is 5.40. The summed E-state index contributed by atoms with van der Waals surface area (Å²) in [6.45, 7) is 2.43. The molecule has 0 radical (unpaired) electrons. The van der Waals surface area contributed by atoms with Crippen molar-refractivity contribution in [1.29, 1.82) is 0 Å². The normalized spacial score (nSPS) is 31.6. The first kappa shape index (κ1) is 22.1. The SMILES string of the molecule is CCCCOc1ccc(O)c2c1C[C@H]1C[C@H]3CC(=O)C(C(N)=O)C(=O)[C@@]3(O)C(=O)C1C2=O. The van der Waals surface area contributed by atoms with Crippen molar-refractivity contribution in [2.45, 2.75) is 44.6 Å². The number of ketones is 4. The van der Waals surface area contributed by atoms with Crippen LogP contribution in [0.2, 0.25) is 0 Å². The first-order chi connectivity index (χ1) is 15.1. The number of phenolic OH excluding ortho intramolecular Hbond substituents is 1. The topological polar surface area (TPSA) is 161 Å². The van der Waals surface area contributed by atoms with Crippen molar-refractivity contribution >= 4 is 29.0 Å². The van der Waals surface area contributed by atoms with Crippen molar-refractivity contribution in [2.75, 3.05) is 6.61 Å². The van der Waals surface area contributed by atoms with Crippen LogP contribution in [0, 0.1) is 23.7 Å². The Morgan fingerprint density at radius 3 is 2.56 bits per heavy atom. The molecule has 32 heavy (non-hydrogen) atoms. The van der Waals surface area contributed by atoms with Gasteiger partial charge in [-0.05, 0) is 37.3 Å². The summed E-state index contributed by atoms with van der Waals surface area (Å²) < 4.78 is 5.80. The smallest absolute Gasteiger partial charge is 0.235 e. The van der Waals surface area contributed by atoms with Crippen LogP contribution in [0.5, 0.6) is 11.5 Å². The number of hydrogen-bond donors (Lipinski definition) is 3. The maximum atomic E-state index is 13.4. The van der Waals surface area contributed by atoms with Gasteiger partial charge in [-0.2, -0.15) is 0 Å².